The van der Waals surface area contributed by atoms with Crippen molar-refractivity contribution in [3.05, 3.63) is 71.0 Å². The lowest BCUT2D eigenvalue weighted by Gasteiger charge is -2.33. The largest absolute Gasteiger partial charge is 0.325 e. The smallest absolute Gasteiger partial charge is 0.240 e. The van der Waals surface area contributed by atoms with E-state index in [4.69, 9.17) is 0 Å². The highest BCUT2D eigenvalue weighted by atomic mass is 32.2. The van der Waals surface area contributed by atoms with E-state index in [-0.39, 0.29) is 17.2 Å². The highest BCUT2D eigenvalue weighted by Gasteiger charge is 2.37. The number of benzene rings is 2. The number of hydrogen-bond acceptors (Lipinski definition) is 5. The Labute approximate surface area is 181 Å². The SMILES string of the molecule is CCCc1nnc2n1NC(c1ccc(CC)cc1)C(C(=O)Nc1ccccc1C)S2. The lowest BCUT2D eigenvalue weighted by molar-refractivity contribution is -0.116. The topological polar surface area (TPSA) is 71.8 Å². The van der Waals surface area contributed by atoms with Crippen LogP contribution in [0.1, 0.15) is 48.8 Å². The summed E-state index contributed by atoms with van der Waals surface area (Å²) in [5.41, 5.74) is 7.75. The standard InChI is InChI=1S/C23H27N5OS/c1-4-8-19-25-26-23-28(19)27-20(17-13-11-16(5-2)12-14-17)21(30-23)22(29)24-18-10-7-6-9-15(18)3/h6-7,9-14,20-21,27H,4-5,8H2,1-3H3,(H,24,29). The fourth-order valence-electron chi connectivity index (χ4n) is 3.61. The first-order valence-corrected chi connectivity index (χ1v) is 11.3. The lowest BCUT2D eigenvalue weighted by Crippen LogP contribution is -2.41. The number of amides is 1. The molecule has 30 heavy (non-hydrogen) atoms. The number of aromatic nitrogens is 3. The number of rotatable bonds is 6. The molecule has 2 atom stereocenters. The molecule has 0 radical (unpaired) electrons. The summed E-state index contributed by atoms with van der Waals surface area (Å²) in [6, 6.07) is 16.1. The Balaban J connectivity index is 1.67. The van der Waals surface area contributed by atoms with Gasteiger partial charge in [-0.2, -0.15) is 0 Å². The fourth-order valence-corrected chi connectivity index (χ4v) is 4.71. The van der Waals surface area contributed by atoms with E-state index in [1.807, 2.05) is 35.9 Å². The summed E-state index contributed by atoms with van der Waals surface area (Å²) in [5, 5.41) is 12.1. The Hall–Kier alpha value is -2.80. The van der Waals surface area contributed by atoms with E-state index in [1.54, 1.807) is 0 Å². The Morgan fingerprint density at radius 2 is 1.90 bits per heavy atom. The van der Waals surface area contributed by atoms with Crippen LogP contribution < -0.4 is 10.7 Å². The molecule has 0 fully saturated rings. The van der Waals surface area contributed by atoms with Gasteiger partial charge in [0.25, 0.3) is 0 Å². The summed E-state index contributed by atoms with van der Waals surface area (Å²) in [7, 11) is 0. The molecule has 1 aliphatic rings. The minimum absolute atomic E-state index is 0.0438. The number of aryl methyl sites for hydroxylation is 3. The van der Waals surface area contributed by atoms with Crippen LogP contribution in [0.4, 0.5) is 5.69 Å². The van der Waals surface area contributed by atoms with Crippen molar-refractivity contribution < 1.29 is 4.79 Å². The van der Waals surface area contributed by atoms with E-state index in [2.05, 4.69) is 59.1 Å². The minimum Gasteiger partial charge on any atom is -0.325 e. The molecule has 1 aromatic heterocycles. The van der Waals surface area contributed by atoms with Crippen LogP contribution >= 0.6 is 11.8 Å². The number of nitrogens with one attached hydrogen (secondary N) is 2. The second-order valence-electron chi connectivity index (χ2n) is 7.53. The number of para-hydroxylation sites is 1. The number of nitrogens with zero attached hydrogens (tertiary/aromatic N) is 3. The predicted molar refractivity (Wildman–Crippen MR) is 121 cm³/mol. The van der Waals surface area contributed by atoms with Crippen LogP contribution in [-0.4, -0.2) is 26.0 Å². The second-order valence-corrected chi connectivity index (χ2v) is 8.64. The molecule has 1 amide bonds. The van der Waals surface area contributed by atoms with E-state index < -0.39 is 0 Å². The monoisotopic (exact) mass is 421 g/mol. The maximum Gasteiger partial charge on any atom is 0.240 e. The highest BCUT2D eigenvalue weighted by molar-refractivity contribution is 8.00. The van der Waals surface area contributed by atoms with Crippen LogP contribution in [0, 0.1) is 6.92 Å². The molecule has 156 valence electrons. The van der Waals surface area contributed by atoms with Gasteiger partial charge in [0.1, 0.15) is 5.25 Å². The fraction of sp³-hybridized carbons (Fsp3) is 0.348. The van der Waals surface area contributed by atoms with E-state index >= 15 is 0 Å². The van der Waals surface area contributed by atoms with Crippen molar-refractivity contribution in [2.24, 2.45) is 0 Å². The molecule has 1 aliphatic heterocycles. The van der Waals surface area contributed by atoms with E-state index in [1.165, 1.54) is 17.3 Å². The van der Waals surface area contributed by atoms with Crippen molar-refractivity contribution in [1.29, 1.82) is 0 Å². The third kappa shape index (κ3) is 4.07. The number of carbonyl (C=O) groups is 1. The van der Waals surface area contributed by atoms with Gasteiger partial charge >= 0.3 is 0 Å². The van der Waals surface area contributed by atoms with Crippen molar-refractivity contribution in [1.82, 2.24) is 14.9 Å². The van der Waals surface area contributed by atoms with Crippen molar-refractivity contribution in [3.63, 3.8) is 0 Å². The summed E-state index contributed by atoms with van der Waals surface area (Å²) in [6.07, 6.45) is 2.81. The lowest BCUT2D eigenvalue weighted by atomic mass is 10.0. The van der Waals surface area contributed by atoms with Crippen LogP contribution in [0.15, 0.2) is 53.7 Å². The molecule has 2 unspecified atom stereocenters. The molecule has 2 N–H and O–H groups in total. The normalized spacial score (nSPS) is 17.8. The highest BCUT2D eigenvalue weighted by Crippen LogP contribution is 2.38. The average Bonchev–Trinajstić information content (AvgIpc) is 3.16. The quantitative estimate of drug-likeness (QED) is 0.613. The first-order chi connectivity index (χ1) is 14.6. The van der Waals surface area contributed by atoms with Gasteiger partial charge in [-0.05, 0) is 42.5 Å². The number of fused-ring (bicyclic) bond motifs is 1. The molecule has 6 nitrogen and oxygen atoms in total. The van der Waals surface area contributed by atoms with E-state index in [0.717, 1.165) is 47.1 Å². The molecule has 7 heteroatoms. The van der Waals surface area contributed by atoms with E-state index in [0.29, 0.717) is 0 Å². The summed E-state index contributed by atoms with van der Waals surface area (Å²) in [4.78, 5) is 13.3. The number of anilines is 1. The van der Waals surface area contributed by atoms with Gasteiger partial charge in [-0.15, -0.1) is 10.2 Å². The van der Waals surface area contributed by atoms with Gasteiger partial charge in [-0.1, -0.05) is 68.1 Å². The summed E-state index contributed by atoms with van der Waals surface area (Å²) in [5.74, 6) is 0.852. The van der Waals surface area contributed by atoms with Crippen LogP contribution in [0.5, 0.6) is 0 Å². The summed E-state index contributed by atoms with van der Waals surface area (Å²) >= 11 is 1.46. The maximum atomic E-state index is 13.3. The molecule has 2 aromatic carbocycles. The third-order valence-electron chi connectivity index (χ3n) is 5.39. The van der Waals surface area contributed by atoms with Gasteiger partial charge in [0.2, 0.25) is 11.1 Å². The predicted octanol–water partition coefficient (Wildman–Crippen LogP) is 4.50. The Morgan fingerprint density at radius 1 is 1.13 bits per heavy atom. The third-order valence-corrected chi connectivity index (χ3v) is 6.60. The molecule has 0 saturated carbocycles. The van der Waals surface area contributed by atoms with Gasteiger partial charge in [-0.25, -0.2) is 4.68 Å². The van der Waals surface area contributed by atoms with Gasteiger partial charge in [-0.3, -0.25) is 4.79 Å². The zero-order valence-electron chi connectivity index (χ0n) is 17.6. The summed E-state index contributed by atoms with van der Waals surface area (Å²) in [6.45, 7) is 6.26. The van der Waals surface area contributed by atoms with Crippen molar-refractivity contribution >= 4 is 23.4 Å². The zero-order chi connectivity index (χ0) is 21.1. The Kier molecular flexibility index (Phi) is 6.08. The molecule has 2 heterocycles. The maximum absolute atomic E-state index is 13.3. The van der Waals surface area contributed by atoms with Crippen LogP contribution in [0.3, 0.4) is 0 Å². The first kappa shape index (κ1) is 20.5. The van der Waals surface area contributed by atoms with Gasteiger partial charge in [0, 0.05) is 12.1 Å². The average molecular weight is 422 g/mol. The molecule has 3 aromatic rings. The number of thioether (sulfide) groups is 1. The summed E-state index contributed by atoms with van der Waals surface area (Å²) < 4.78 is 1.95. The van der Waals surface area contributed by atoms with E-state index in [9.17, 15) is 4.79 Å². The molecular weight excluding hydrogens is 394 g/mol. The molecule has 0 aliphatic carbocycles. The molecular formula is C23H27N5OS. The van der Waals surface area contributed by atoms with Crippen LogP contribution in [0.2, 0.25) is 0 Å². The van der Waals surface area contributed by atoms with Crippen LogP contribution in [-0.2, 0) is 17.6 Å². The van der Waals surface area contributed by atoms with Gasteiger partial charge in [0.05, 0.1) is 6.04 Å². The minimum atomic E-state index is -0.372. The second kappa shape index (κ2) is 8.92. The first-order valence-electron chi connectivity index (χ1n) is 10.4. The van der Waals surface area contributed by atoms with Crippen molar-refractivity contribution in [2.75, 3.05) is 10.7 Å². The molecule has 0 spiro atoms. The molecule has 0 saturated heterocycles. The Morgan fingerprint density at radius 3 is 2.60 bits per heavy atom. The Bertz CT molecular complexity index is 1030. The number of carbonyl (C=O) groups excluding carboxylic acids is 1. The molecule has 0 bridgehead atoms. The zero-order valence-corrected chi connectivity index (χ0v) is 18.4. The van der Waals surface area contributed by atoms with Gasteiger partial charge < -0.3 is 10.7 Å². The van der Waals surface area contributed by atoms with Crippen molar-refractivity contribution in [3.8, 4) is 0 Å². The van der Waals surface area contributed by atoms with Crippen molar-refractivity contribution in [2.45, 2.75) is 56.5 Å². The van der Waals surface area contributed by atoms with Gasteiger partial charge in [0.15, 0.2) is 5.82 Å². The van der Waals surface area contributed by atoms with Crippen LogP contribution in [0.25, 0.3) is 0 Å². The molecule has 4 rings (SSSR count). The number of hydrogen-bond donors (Lipinski definition) is 2.